The molecule has 0 unspecified atom stereocenters. The molecule has 2 N–H and O–H groups in total. The Morgan fingerprint density at radius 2 is 1.81 bits per heavy atom. The highest BCUT2D eigenvalue weighted by atomic mass is 35.5. The second-order valence-electron chi connectivity index (χ2n) is 5.19. The van der Waals surface area contributed by atoms with Crippen molar-refractivity contribution in [3.05, 3.63) is 64.8 Å². The Hall–Kier alpha value is -3.18. The van der Waals surface area contributed by atoms with Gasteiger partial charge in [-0.25, -0.2) is 0 Å². The smallest absolute Gasteiger partial charge is 0.416 e. The van der Waals surface area contributed by atoms with Gasteiger partial charge in [0.1, 0.15) is 17.4 Å². The van der Waals surface area contributed by atoms with E-state index in [4.69, 9.17) is 21.6 Å². The van der Waals surface area contributed by atoms with E-state index < -0.39 is 17.6 Å². The van der Waals surface area contributed by atoms with Crippen LogP contribution in [0.5, 0.6) is 5.75 Å². The molecule has 5 nitrogen and oxygen atoms in total. The highest BCUT2D eigenvalue weighted by Crippen LogP contribution is 2.30. The lowest BCUT2D eigenvalue weighted by molar-refractivity contribution is -0.137. The molecule has 9 heteroatoms. The third kappa shape index (κ3) is 5.39. The third-order valence-electron chi connectivity index (χ3n) is 3.37. The van der Waals surface area contributed by atoms with Gasteiger partial charge in [0.05, 0.1) is 17.7 Å². The number of methoxy groups -OCH3 is 1. The van der Waals surface area contributed by atoms with Gasteiger partial charge >= 0.3 is 6.18 Å². The van der Waals surface area contributed by atoms with E-state index in [2.05, 4.69) is 10.6 Å². The van der Waals surface area contributed by atoms with Crippen LogP contribution >= 0.6 is 11.6 Å². The van der Waals surface area contributed by atoms with Crippen molar-refractivity contribution in [3.8, 4) is 11.8 Å². The molecule has 0 radical (unpaired) electrons. The molecule has 0 bridgehead atoms. The number of hydrogen-bond donors (Lipinski definition) is 2. The van der Waals surface area contributed by atoms with Gasteiger partial charge in [-0.3, -0.25) is 4.79 Å². The molecule has 140 valence electrons. The van der Waals surface area contributed by atoms with Crippen molar-refractivity contribution in [1.29, 1.82) is 5.26 Å². The first-order valence-electron chi connectivity index (χ1n) is 7.43. The number of carbonyl (C=O) groups excluding carboxylic acids is 1. The molecular formula is C18H13ClF3N3O2. The van der Waals surface area contributed by atoms with Crippen molar-refractivity contribution in [2.24, 2.45) is 0 Å². The van der Waals surface area contributed by atoms with Gasteiger partial charge in [0.25, 0.3) is 5.91 Å². The molecule has 0 fully saturated rings. The van der Waals surface area contributed by atoms with Crippen molar-refractivity contribution >= 4 is 28.9 Å². The Labute approximate surface area is 158 Å². The first-order chi connectivity index (χ1) is 12.7. The first-order valence-corrected chi connectivity index (χ1v) is 7.81. The Morgan fingerprint density at radius 3 is 2.33 bits per heavy atom. The zero-order valence-electron chi connectivity index (χ0n) is 13.9. The Morgan fingerprint density at radius 1 is 1.19 bits per heavy atom. The summed E-state index contributed by atoms with van der Waals surface area (Å²) in [5.74, 6) is -0.284. The molecule has 0 aromatic heterocycles. The molecule has 0 spiro atoms. The lowest BCUT2D eigenvalue weighted by atomic mass is 10.2. The van der Waals surface area contributed by atoms with Crippen molar-refractivity contribution in [1.82, 2.24) is 0 Å². The van der Waals surface area contributed by atoms with E-state index in [0.717, 1.165) is 18.3 Å². The predicted octanol–water partition coefficient (Wildman–Crippen LogP) is 4.83. The summed E-state index contributed by atoms with van der Waals surface area (Å²) in [5.41, 5.74) is -0.439. The maximum Gasteiger partial charge on any atom is 0.416 e. The Bertz CT molecular complexity index is 904. The molecule has 0 heterocycles. The summed E-state index contributed by atoms with van der Waals surface area (Å²) in [5, 5.41) is 14.5. The van der Waals surface area contributed by atoms with Gasteiger partial charge in [0, 0.05) is 17.6 Å². The number of nitrogens with zero attached hydrogens (tertiary/aromatic N) is 1. The van der Waals surface area contributed by atoms with Crippen LogP contribution in [0.4, 0.5) is 24.5 Å². The molecule has 27 heavy (non-hydrogen) atoms. The van der Waals surface area contributed by atoms with E-state index in [0.29, 0.717) is 11.4 Å². The molecule has 0 saturated heterocycles. The van der Waals surface area contributed by atoms with Crippen LogP contribution < -0.4 is 15.4 Å². The van der Waals surface area contributed by atoms with E-state index >= 15 is 0 Å². The molecule has 2 rings (SSSR count). The van der Waals surface area contributed by atoms with E-state index in [1.54, 1.807) is 18.2 Å². The van der Waals surface area contributed by atoms with Gasteiger partial charge in [0.2, 0.25) is 0 Å². The molecule has 2 aromatic rings. The number of amides is 1. The van der Waals surface area contributed by atoms with Gasteiger partial charge in [-0.05, 0) is 42.5 Å². The van der Waals surface area contributed by atoms with Crippen LogP contribution in [0.3, 0.4) is 0 Å². The van der Waals surface area contributed by atoms with Gasteiger partial charge < -0.3 is 15.4 Å². The molecule has 1 amide bonds. The topological polar surface area (TPSA) is 74.1 Å². The maximum absolute atomic E-state index is 12.5. The van der Waals surface area contributed by atoms with Crippen LogP contribution in [0, 0.1) is 11.3 Å². The van der Waals surface area contributed by atoms with Crippen LogP contribution in [-0.2, 0) is 11.0 Å². The molecule has 0 saturated carbocycles. The number of anilines is 2. The predicted molar refractivity (Wildman–Crippen MR) is 95.4 cm³/mol. The van der Waals surface area contributed by atoms with Crippen LogP contribution in [0.1, 0.15) is 5.56 Å². The van der Waals surface area contributed by atoms with Gasteiger partial charge in [0.15, 0.2) is 0 Å². The SMILES string of the molecule is COc1ccc(NC(=O)/C(C#N)=C\Nc2ccc(C(F)(F)F)cc2)cc1Cl. The summed E-state index contributed by atoms with van der Waals surface area (Å²) in [7, 11) is 1.45. The standard InChI is InChI=1S/C18H13ClF3N3O2/c1-27-16-7-6-14(8-15(16)19)25-17(26)11(9-23)10-24-13-4-2-12(3-5-13)18(20,21)22/h2-8,10,24H,1H3,(H,25,26)/b11-10-. The zero-order valence-corrected chi connectivity index (χ0v) is 14.7. The van der Waals surface area contributed by atoms with Gasteiger partial charge in [-0.15, -0.1) is 0 Å². The average Bonchev–Trinajstić information content (AvgIpc) is 2.62. The number of halogens is 4. The number of hydrogen-bond acceptors (Lipinski definition) is 4. The highest BCUT2D eigenvalue weighted by molar-refractivity contribution is 6.32. The Kier molecular flexibility index (Phi) is 6.32. The molecule has 0 aliphatic rings. The number of carbonyl (C=O) groups is 1. The quantitative estimate of drug-likeness (QED) is 0.562. The largest absolute Gasteiger partial charge is 0.495 e. The summed E-state index contributed by atoms with van der Waals surface area (Å²) in [6, 6.07) is 10.4. The lowest BCUT2D eigenvalue weighted by Gasteiger charge is -2.09. The third-order valence-corrected chi connectivity index (χ3v) is 3.67. The second kappa shape index (κ2) is 8.47. The number of rotatable bonds is 5. The zero-order chi connectivity index (χ0) is 20.0. The fourth-order valence-electron chi connectivity index (χ4n) is 2.00. The summed E-state index contributed by atoms with van der Waals surface area (Å²) < 4.78 is 42.6. The number of ether oxygens (including phenoxy) is 1. The Balaban J connectivity index is 2.08. The van der Waals surface area contributed by atoms with Gasteiger partial charge in [-0.1, -0.05) is 11.6 Å². The van der Waals surface area contributed by atoms with E-state index in [-0.39, 0.29) is 16.3 Å². The summed E-state index contributed by atoms with van der Waals surface area (Å²) in [4.78, 5) is 12.2. The number of nitriles is 1. The van der Waals surface area contributed by atoms with E-state index in [9.17, 15) is 18.0 Å². The monoisotopic (exact) mass is 395 g/mol. The first kappa shape index (κ1) is 20.1. The summed E-state index contributed by atoms with van der Waals surface area (Å²) >= 11 is 5.96. The minimum Gasteiger partial charge on any atom is -0.495 e. The minimum atomic E-state index is -4.44. The highest BCUT2D eigenvalue weighted by Gasteiger charge is 2.29. The van der Waals surface area contributed by atoms with E-state index in [1.165, 1.54) is 25.3 Å². The molecular weight excluding hydrogens is 383 g/mol. The molecule has 2 aromatic carbocycles. The maximum atomic E-state index is 12.5. The van der Waals surface area contributed by atoms with Crippen molar-refractivity contribution in [2.45, 2.75) is 6.18 Å². The fraction of sp³-hybridized carbons (Fsp3) is 0.111. The minimum absolute atomic E-state index is 0.276. The molecule has 0 aliphatic carbocycles. The fourth-order valence-corrected chi connectivity index (χ4v) is 2.26. The lowest BCUT2D eigenvalue weighted by Crippen LogP contribution is -2.14. The van der Waals surface area contributed by atoms with Crippen molar-refractivity contribution in [3.63, 3.8) is 0 Å². The molecule has 0 aliphatic heterocycles. The van der Waals surface area contributed by atoms with Crippen LogP contribution in [0.25, 0.3) is 0 Å². The normalized spacial score (nSPS) is 11.5. The number of benzene rings is 2. The summed E-state index contributed by atoms with van der Waals surface area (Å²) in [6.07, 6.45) is -3.34. The van der Waals surface area contributed by atoms with Crippen molar-refractivity contribution < 1.29 is 22.7 Å². The van der Waals surface area contributed by atoms with Crippen molar-refractivity contribution in [2.75, 3.05) is 17.7 Å². The number of nitrogens with one attached hydrogen (secondary N) is 2. The molecule has 0 atom stereocenters. The van der Waals surface area contributed by atoms with Crippen LogP contribution in [0.15, 0.2) is 54.2 Å². The number of alkyl halides is 3. The van der Waals surface area contributed by atoms with E-state index in [1.807, 2.05) is 0 Å². The second-order valence-corrected chi connectivity index (χ2v) is 5.60. The van der Waals surface area contributed by atoms with Gasteiger partial charge in [-0.2, -0.15) is 18.4 Å². The van der Waals surface area contributed by atoms with Crippen LogP contribution in [0.2, 0.25) is 5.02 Å². The average molecular weight is 396 g/mol. The summed E-state index contributed by atoms with van der Waals surface area (Å²) in [6.45, 7) is 0. The van der Waals surface area contributed by atoms with Crippen LogP contribution in [-0.4, -0.2) is 13.0 Å².